The number of rotatable bonds is 3. The highest BCUT2D eigenvalue weighted by atomic mass is 127. The van der Waals surface area contributed by atoms with Gasteiger partial charge in [-0.1, -0.05) is 18.2 Å². The summed E-state index contributed by atoms with van der Waals surface area (Å²) in [6, 6.07) is 11.3. The van der Waals surface area contributed by atoms with Gasteiger partial charge in [0.2, 0.25) is 0 Å². The molecular weight excluding hydrogens is 439 g/mol. The van der Waals surface area contributed by atoms with E-state index in [2.05, 4.69) is 60.2 Å². The highest BCUT2D eigenvalue weighted by Crippen LogP contribution is 2.16. The van der Waals surface area contributed by atoms with Crippen molar-refractivity contribution in [3.05, 3.63) is 30.3 Å². The number of aliphatic imine (C=N–C) groups is 1. The van der Waals surface area contributed by atoms with Crippen LogP contribution >= 0.6 is 24.0 Å². The van der Waals surface area contributed by atoms with E-state index in [1.807, 2.05) is 7.05 Å². The fraction of sp³-hybridized carbons (Fsp3) is 0.632. The number of fused-ring (bicyclic) bond motifs is 3. The monoisotopic (exact) mass is 470 g/mol. The Morgan fingerprint density at radius 3 is 2.27 bits per heavy atom. The molecule has 1 aromatic rings. The number of nitrogens with one attached hydrogen (secondary N) is 1. The number of hydrogen-bond donors (Lipinski definition) is 1. The molecule has 1 atom stereocenters. The minimum Gasteiger partial charge on any atom is -0.368 e. The van der Waals surface area contributed by atoms with Gasteiger partial charge in [-0.2, -0.15) is 0 Å². The van der Waals surface area contributed by atoms with Gasteiger partial charge < -0.3 is 15.1 Å². The molecule has 26 heavy (non-hydrogen) atoms. The van der Waals surface area contributed by atoms with Crippen molar-refractivity contribution in [1.29, 1.82) is 0 Å². The van der Waals surface area contributed by atoms with Crippen LogP contribution < -0.4 is 10.2 Å². The van der Waals surface area contributed by atoms with Crippen LogP contribution in [-0.4, -0.2) is 99.2 Å². The minimum atomic E-state index is 0. The number of anilines is 1. The molecule has 1 unspecified atom stereocenters. The molecule has 4 aliphatic heterocycles. The van der Waals surface area contributed by atoms with Crippen molar-refractivity contribution in [2.75, 3.05) is 77.4 Å². The van der Waals surface area contributed by atoms with E-state index in [1.165, 1.54) is 38.4 Å². The van der Waals surface area contributed by atoms with Crippen molar-refractivity contribution < 1.29 is 0 Å². The average molecular weight is 470 g/mol. The molecule has 4 aliphatic rings. The van der Waals surface area contributed by atoms with Crippen molar-refractivity contribution in [3.63, 3.8) is 0 Å². The van der Waals surface area contributed by atoms with E-state index in [4.69, 9.17) is 0 Å². The van der Waals surface area contributed by atoms with Crippen LogP contribution in [0.1, 0.15) is 0 Å². The largest absolute Gasteiger partial charge is 0.368 e. The van der Waals surface area contributed by atoms with Crippen LogP contribution in [0, 0.1) is 0 Å². The molecule has 1 aromatic carbocycles. The lowest BCUT2D eigenvalue weighted by atomic mass is 10.1. The first-order valence-electron chi connectivity index (χ1n) is 9.55. The van der Waals surface area contributed by atoms with Gasteiger partial charge in [-0.3, -0.25) is 14.8 Å². The number of nitrogens with zero attached hydrogens (tertiary/aromatic N) is 5. The molecule has 4 heterocycles. The van der Waals surface area contributed by atoms with Gasteiger partial charge in [0.15, 0.2) is 5.96 Å². The zero-order chi connectivity index (χ0) is 17.1. The second-order valence-electron chi connectivity index (χ2n) is 7.23. The van der Waals surface area contributed by atoms with Crippen molar-refractivity contribution >= 4 is 35.6 Å². The molecule has 0 aromatic heterocycles. The summed E-state index contributed by atoms with van der Waals surface area (Å²) >= 11 is 0. The lowest BCUT2D eigenvalue weighted by Crippen LogP contribution is -2.64. The van der Waals surface area contributed by atoms with E-state index in [0.29, 0.717) is 6.04 Å². The van der Waals surface area contributed by atoms with Gasteiger partial charge in [0.25, 0.3) is 0 Å². The molecule has 0 radical (unpaired) electrons. The van der Waals surface area contributed by atoms with Crippen molar-refractivity contribution in [1.82, 2.24) is 20.0 Å². The molecule has 0 saturated carbocycles. The molecule has 0 spiro atoms. The molecular formula is C19H31IN6. The van der Waals surface area contributed by atoms with Crippen LogP contribution in [0.5, 0.6) is 0 Å². The Bertz CT molecular complexity index is 579. The summed E-state index contributed by atoms with van der Waals surface area (Å²) in [5.74, 6) is 1.06. The van der Waals surface area contributed by atoms with Gasteiger partial charge >= 0.3 is 0 Å². The van der Waals surface area contributed by atoms with E-state index < -0.39 is 0 Å². The zero-order valence-electron chi connectivity index (χ0n) is 15.7. The summed E-state index contributed by atoms with van der Waals surface area (Å²) in [6.45, 7) is 11.3. The van der Waals surface area contributed by atoms with Crippen LogP contribution in [-0.2, 0) is 0 Å². The van der Waals surface area contributed by atoms with Gasteiger partial charge in [0.1, 0.15) is 0 Å². The number of halogens is 1. The van der Waals surface area contributed by atoms with Crippen molar-refractivity contribution in [2.24, 2.45) is 4.99 Å². The first kappa shape index (κ1) is 19.7. The quantitative estimate of drug-likeness (QED) is 0.406. The first-order valence-corrected chi connectivity index (χ1v) is 9.55. The van der Waals surface area contributed by atoms with Gasteiger partial charge in [0.05, 0.1) is 0 Å². The van der Waals surface area contributed by atoms with Crippen LogP contribution in [0.15, 0.2) is 35.3 Å². The number of benzene rings is 1. The van der Waals surface area contributed by atoms with Crippen LogP contribution in [0.3, 0.4) is 0 Å². The van der Waals surface area contributed by atoms with E-state index in [1.54, 1.807) is 0 Å². The molecule has 2 bridgehead atoms. The number of hydrogen-bond acceptors (Lipinski definition) is 4. The number of piperazine rings is 4. The zero-order valence-corrected chi connectivity index (χ0v) is 18.0. The molecule has 4 fully saturated rings. The highest BCUT2D eigenvalue weighted by molar-refractivity contribution is 14.0. The summed E-state index contributed by atoms with van der Waals surface area (Å²) in [4.78, 5) is 14.6. The smallest absolute Gasteiger partial charge is 0.193 e. The second-order valence-corrected chi connectivity index (χ2v) is 7.23. The summed E-state index contributed by atoms with van der Waals surface area (Å²) in [5.41, 5.74) is 1.32. The lowest BCUT2D eigenvalue weighted by Gasteiger charge is -2.48. The van der Waals surface area contributed by atoms with E-state index >= 15 is 0 Å². The molecule has 4 saturated heterocycles. The van der Waals surface area contributed by atoms with E-state index in [9.17, 15) is 0 Å². The normalized spacial score (nSPS) is 28.7. The lowest BCUT2D eigenvalue weighted by molar-refractivity contribution is 0.0152. The van der Waals surface area contributed by atoms with Gasteiger partial charge in [-0.25, -0.2) is 0 Å². The molecule has 5 rings (SSSR count). The summed E-state index contributed by atoms with van der Waals surface area (Å²) < 4.78 is 0. The Balaban J connectivity index is 0.00000196. The third-order valence-corrected chi connectivity index (χ3v) is 5.80. The molecule has 7 heteroatoms. The first-order chi connectivity index (χ1) is 12.3. The Morgan fingerprint density at radius 1 is 1.00 bits per heavy atom. The topological polar surface area (TPSA) is 37.4 Å². The van der Waals surface area contributed by atoms with E-state index in [0.717, 1.165) is 38.7 Å². The fourth-order valence-electron chi connectivity index (χ4n) is 4.27. The van der Waals surface area contributed by atoms with Crippen LogP contribution in [0.25, 0.3) is 0 Å². The highest BCUT2D eigenvalue weighted by Gasteiger charge is 2.32. The summed E-state index contributed by atoms with van der Waals surface area (Å²) in [6.07, 6.45) is 0. The second kappa shape index (κ2) is 9.23. The van der Waals surface area contributed by atoms with Gasteiger partial charge in [-0.15, -0.1) is 24.0 Å². The van der Waals surface area contributed by atoms with Gasteiger partial charge in [0, 0.05) is 84.2 Å². The Kier molecular flexibility index (Phi) is 6.99. The maximum absolute atomic E-state index is 4.54. The molecule has 144 valence electrons. The van der Waals surface area contributed by atoms with Crippen LogP contribution in [0.4, 0.5) is 5.69 Å². The Morgan fingerprint density at radius 2 is 1.69 bits per heavy atom. The third kappa shape index (κ3) is 4.43. The predicted molar refractivity (Wildman–Crippen MR) is 119 cm³/mol. The molecule has 0 amide bonds. The summed E-state index contributed by atoms with van der Waals surface area (Å²) in [7, 11) is 1.91. The maximum Gasteiger partial charge on any atom is 0.193 e. The number of para-hydroxylation sites is 1. The molecule has 0 aliphatic carbocycles. The minimum absolute atomic E-state index is 0. The third-order valence-electron chi connectivity index (χ3n) is 5.80. The van der Waals surface area contributed by atoms with Crippen molar-refractivity contribution in [2.45, 2.75) is 6.04 Å². The Hall–Kier alpha value is -1.06. The van der Waals surface area contributed by atoms with Crippen molar-refractivity contribution in [3.8, 4) is 0 Å². The predicted octanol–water partition coefficient (Wildman–Crippen LogP) is 1.00. The Labute approximate surface area is 174 Å². The molecule has 1 N–H and O–H groups in total. The fourth-order valence-corrected chi connectivity index (χ4v) is 4.27. The molecule has 6 nitrogen and oxygen atoms in total. The van der Waals surface area contributed by atoms with Crippen LogP contribution in [0.2, 0.25) is 0 Å². The summed E-state index contributed by atoms with van der Waals surface area (Å²) in [5, 5.41) is 3.64. The number of guanidine groups is 1. The van der Waals surface area contributed by atoms with Gasteiger partial charge in [-0.05, 0) is 12.1 Å². The van der Waals surface area contributed by atoms with E-state index in [-0.39, 0.29) is 24.0 Å². The maximum atomic E-state index is 4.54. The SMILES string of the molecule is CN=C(NCC1CN2CCN1CC2)N1CCN(c2ccccc2)CC1.I. The standard InChI is InChI=1S/C19H30N6.HI/c1-20-19(21-15-18-16-22-7-9-24(18)10-8-22)25-13-11-23(12-14-25)17-5-3-2-4-6-17;/h2-6,18H,7-16H2,1H3,(H,20,21);1H. The average Bonchev–Trinajstić information content (AvgIpc) is 2.70.